The third-order valence-electron chi connectivity index (χ3n) is 15.2. The van der Waals surface area contributed by atoms with E-state index >= 15 is 4.79 Å². The number of amides is 2. The molecule has 0 aliphatic rings. The highest BCUT2D eigenvalue weighted by Crippen LogP contribution is 2.37. The van der Waals surface area contributed by atoms with E-state index < -0.39 is 35.0 Å². The fourth-order valence-corrected chi connectivity index (χ4v) is 10.7. The third kappa shape index (κ3) is 34.4. The Labute approximate surface area is 434 Å². The number of carboxylic acids is 1. The third-order valence-corrected chi connectivity index (χ3v) is 15.2. The molecule has 0 fully saturated rings. The molecule has 412 valence electrons. The highest BCUT2D eigenvalue weighted by atomic mass is 16.4. The van der Waals surface area contributed by atoms with E-state index in [9.17, 15) is 24.3 Å². The molecule has 0 saturated carbocycles. The van der Waals surface area contributed by atoms with E-state index in [-0.39, 0.29) is 44.4 Å². The van der Waals surface area contributed by atoms with Crippen LogP contribution in [0.3, 0.4) is 0 Å². The van der Waals surface area contributed by atoms with Crippen molar-refractivity contribution in [2.45, 2.75) is 354 Å². The van der Waals surface area contributed by atoms with Gasteiger partial charge in [0.25, 0.3) is 0 Å². The molecule has 3 N–H and O–H groups in total. The summed E-state index contributed by atoms with van der Waals surface area (Å²) in [6.07, 6.45) is 48.8. The van der Waals surface area contributed by atoms with Gasteiger partial charge in [-0.25, -0.2) is 4.79 Å². The highest BCUT2D eigenvalue weighted by Gasteiger charge is 2.61. The van der Waals surface area contributed by atoms with Crippen molar-refractivity contribution < 1.29 is 29.1 Å². The zero-order valence-corrected chi connectivity index (χ0v) is 47.2. The predicted octanol–water partition coefficient (Wildman–Crippen LogP) is 18.5. The molecule has 0 spiro atoms. The van der Waals surface area contributed by atoms with Crippen LogP contribution >= 0.6 is 0 Å². The van der Waals surface area contributed by atoms with Crippen LogP contribution in [0, 0.1) is 5.92 Å². The Morgan fingerprint density at radius 3 is 0.857 bits per heavy atom. The van der Waals surface area contributed by atoms with Crippen LogP contribution in [0.25, 0.3) is 0 Å². The number of aliphatic carboxylic acids is 1. The van der Waals surface area contributed by atoms with Gasteiger partial charge in [-0.2, -0.15) is 0 Å². The van der Waals surface area contributed by atoms with Crippen LogP contribution in [-0.2, 0) is 24.0 Å². The minimum absolute atomic E-state index is 0.0157. The van der Waals surface area contributed by atoms with E-state index in [1.807, 2.05) is 0 Å². The number of unbranched alkanes of at least 4 members (excludes halogenated alkanes) is 40. The first-order valence-electron chi connectivity index (χ1n) is 31.1. The standard InChI is InChI=1S/C62H118N2O6/c1-5-9-13-17-21-25-29-33-37-41-45-51-57(65)56(50-49-55-63)62(61(69)70,58(66)52-46-42-38-34-30-26-22-18-14-10-6-2)64(59(67)53-47-43-39-35-31-27-23-19-15-11-7-3)60(68)54-48-44-40-36-32-28-24-20-16-12-8-4/h56H,5-55,63H2,1-4H3,(H,69,70). The van der Waals surface area contributed by atoms with Crippen molar-refractivity contribution >= 4 is 29.4 Å². The van der Waals surface area contributed by atoms with Crippen LogP contribution in [-0.4, -0.2) is 51.4 Å². The van der Waals surface area contributed by atoms with Crippen LogP contribution < -0.4 is 5.73 Å². The molecule has 8 nitrogen and oxygen atoms in total. The summed E-state index contributed by atoms with van der Waals surface area (Å²) < 4.78 is 0. The van der Waals surface area contributed by atoms with E-state index in [2.05, 4.69) is 27.7 Å². The van der Waals surface area contributed by atoms with Crippen molar-refractivity contribution in [3.8, 4) is 0 Å². The van der Waals surface area contributed by atoms with E-state index in [0.29, 0.717) is 32.1 Å². The minimum atomic E-state index is -2.58. The summed E-state index contributed by atoms with van der Waals surface area (Å²) in [7, 11) is 0. The molecule has 0 saturated heterocycles. The lowest BCUT2D eigenvalue weighted by Gasteiger charge is -2.43. The van der Waals surface area contributed by atoms with Gasteiger partial charge < -0.3 is 10.8 Å². The van der Waals surface area contributed by atoms with Gasteiger partial charge in [0.1, 0.15) is 5.78 Å². The topological polar surface area (TPSA) is 135 Å². The average Bonchev–Trinajstić information content (AvgIpc) is 3.35. The molecular weight excluding hydrogens is 869 g/mol. The minimum Gasteiger partial charge on any atom is -0.479 e. The quantitative estimate of drug-likeness (QED) is 0.0458. The van der Waals surface area contributed by atoms with Gasteiger partial charge in [-0.1, -0.05) is 285 Å². The van der Waals surface area contributed by atoms with Crippen LogP contribution in [0.4, 0.5) is 0 Å². The largest absolute Gasteiger partial charge is 0.479 e. The Kier molecular flexibility index (Phi) is 48.9. The molecule has 2 atom stereocenters. The maximum absolute atomic E-state index is 15.1. The number of hydrogen-bond acceptors (Lipinski definition) is 6. The molecule has 0 aliphatic carbocycles. The average molecular weight is 988 g/mol. The maximum Gasteiger partial charge on any atom is 0.338 e. The second-order valence-corrected chi connectivity index (χ2v) is 21.7. The van der Waals surface area contributed by atoms with Crippen molar-refractivity contribution in [2.75, 3.05) is 6.54 Å². The lowest BCUT2D eigenvalue weighted by molar-refractivity contribution is -0.177. The van der Waals surface area contributed by atoms with Gasteiger partial charge in [0, 0.05) is 25.7 Å². The van der Waals surface area contributed by atoms with E-state index in [1.165, 1.54) is 161 Å². The molecule has 0 aromatic rings. The molecule has 0 radical (unpaired) electrons. The Bertz CT molecular complexity index is 1200. The number of imide groups is 1. The fraction of sp³-hybridized carbons (Fsp3) is 0.919. The molecule has 0 aromatic heterocycles. The highest BCUT2D eigenvalue weighted by molar-refractivity contribution is 6.18. The van der Waals surface area contributed by atoms with E-state index in [1.54, 1.807) is 0 Å². The molecule has 70 heavy (non-hydrogen) atoms. The molecule has 0 heterocycles. The molecule has 0 aromatic carbocycles. The zero-order chi connectivity index (χ0) is 51.6. The number of carboxylic acid groups (broad SMARTS) is 1. The van der Waals surface area contributed by atoms with Crippen molar-refractivity contribution in [1.29, 1.82) is 0 Å². The summed E-state index contributed by atoms with van der Waals surface area (Å²) >= 11 is 0. The number of rotatable bonds is 56. The summed E-state index contributed by atoms with van der Waals surface area (Å²) in [6.45, 7) is 9.15. The Morgan fingerprint density at radius 2 is 0.600 bits per heavy atom. The smallest absolute Gasteiger partial charge is 0.338 e. The van der Waals surface area contributed by atoms with Gasteiger partial charge in [-0.3, -0.25) is 24.1 Å². The summed E-state index contributed by atoms with van der Waals surface area (Å²) in [5.74, 6) is -5.08. The second kappa shape index (κ2) is 50.4. The summed E-state index contributed by atoms with van der Waals surface area (Å²) in [5.41, 5.74) is 3.50. The summed E-state index contributed by atoms with van der Waals surface area (Å²) in [6, 6.07) is 0. The summed E-state index contributed by atoms with van der Waals surface area (Å²) in [5, 5.41) is 11.6. The molecule has 0 rings (SSSR count). The van der Waals surface area contributed by atoms with Gasteiger partial charge >= 0.3 is 5.97 Å². The fourth-order valence-electron chi connectivity index (χ4n) is 10.7. The number of nitrogens with two attached hydrogens (primary N) is 1. The zero-order valence-electron chi connectivity index (χ0n) is 47.2. The monoisotopic (exact) mass is 987 g/mol. The lowest BCUT2D eigenvalue weighted by atomic mass is 9.71. The molecule has 8 heteroatoms. The summed E-state index contributed by atoms with van der Waals surface area (Å²) in [4.78, 5) is 74.5. The van der Waals surface area contributed by atoms with Crippen molar-refractivity contribution in [2.24, 2.45) is 11.7 Å². The van der Waals surface area contributed by atoms with Crippen molar-refractivity contribution in [3.05, 3.63) is 0 Å². The normalized spacial score (nSPS) is 12.8. The van der Waals surface area contributed by atoms with E-state index in [4.69, 9.17) is 5.73 Å². The van der Waals surface area contributed by atoms with E-state index in [0.717, 1.165) is 101 Å². The number of ketones is 2. The van der Waals surface area contributed by atoms with Crippen LogP contribution in [0.1, 0.15) is 349 Å². The van der Waals surface area contributed by atoms with Crippen molar-refractivity contribution in [3.63, 3.8) is 0 Å². The van der Waals surface area contributed by atoms with Gasteiger partial charge in [0.05, 0.1) is 5.92 Å². The first-order valence-corrected chi connectivity index (χ1v) is 31.1. The van der Waals surface area contributed by atoms with Crippen LogP contribution in [0.2, 0.25) is 0 Å². The van der Waals surface area contributed by atoms with Gasteiger partial charge in [0.2, 0.25) is 17.4 Å². The molecule has 0 aliphatic heterocycles. The first kappa shape index (κ1) is 67.9. The van der Waals surface area contributed by atoms with Crippen LogP contribution in [0.5, 0.6) is 0 Å². The number of nitrogens with zero attached hydrogens (tertiary/aromatic N) is 1. The number of hydrogen-bond donors (Lipinski definition) is 2. The van der Waals surface area contributed by atoms with Gasteiger partial charge in [0.15, 0.2) is 5.78 Å². The lowest BCUT2D eigenvalue weighted by Crippen LogP contribution is -2.69. The number of carbonyl (C=O) groups excluding carboxylic acids is 4. The molecule has 2 amide bonds. The Morgan fingerprint density at radius 1 is 0.357 bits per heavy atom. The van der Waals surface area contributed by atoms with Gasteiger partial charge in [-0.15, -0.1) is 0 Å². The Balaban J connectivity index is 6.43. The molecule has 0 bridgehead atoms. The van der Waals surface area contributed by atoms with Gasteiger partial charge in [-0.05, 0) is 45.1 Å². The molecular formula is C62H118N2O6. The SMILES string of the molecule is CCCCCCCCCCCCCC(=O)C(CCCN)C(C(=O)O)(C(=O)CCCCCCCCCCCCC)N(C(=O)CCCCCCCCCCCCC)C(=O)CCCCCCCCCCCCC. The second-order valence-electron chi connectivity index (χ2n) is 21.7. The number of carbonyl (C=O) groups is 5. The number of Topliss-reactive ketones (excluding diaryl/α,β-unsaturated/α-hetero) is 2. The predicted molar refractivity (Wildman–Crippen MR) is 298 cm³/mol. The van der Waals surface area contributed by atoms with Crippen molar-refractivity contribution in [1.82, 2.24) is 4.90 Å². The first-order chi connectivity index (χ1) is 34.2. The molecule has 2 unspecified atom stereocenters. The maximum atomic E-state index is 15.1. The Hall–Kier alpha value is -2.09. The van der Waals surface area contributed by atoms with Crippen LogP contribution in [0.15, 0.2) is 0 Å².